The lowest BCUT2D eigenvalue weighted by Gasteiger charge is -2.11. The molecule has 0 heterocycles. The number of carbonyl (C=O) groups excluding carboxylic acids is 1. The molecule has 1 rings (SSSR count). The summed E-state index contributed by atoms with van der Waals surface area (Å²) in [6.07, 6.45) is 4.30. The van der Waals surface area contributed by atoms with Gasteiger partial charge in [0.05, 0.1) is 12.5 Å². The van der Waals surface area contributed by atoms with E-state index in [-0.39, 0.29) is 12.2 Å². The molecule has 0 unspecified atom stereocenters. The first kappa shape index (κ1) is 9.85. The molecule has 0 radical (unpaired) electrons. The second-order valence-electron chi connectivity index (χ2n) is 3.15. The van der Waals surface area contributed by atoms with Crippen LogP contribution in [-0.4, -0.2) is 18.7 Å². The van der Waals surface area contributed by atoms with Gasteiger partial charge in [-0.3, -0.25) is 0 Å². The number of rotatable bonds is 3. The molecule has 0 bridgehead atoms. The van der Waals surface area contributed by atoms with E-state index in [2.05, 4.69) is 5.32 Å². The van der Waals surface area contributed by atoms with Gasteiger partial charge in [-0.25, -0.2) is 4.79 Å². The molecule has 0 aromatic rings. The topological polar surface area (TPSA) is 62.1 Å². The Kier molecular flexibility index (Phi) is 4.10. The summed E-state index contributed by atoms with van der Waals surface area (Å²) >= 11 is 0. The number of nitrogens with one attached hydrogen (secondary N) is 1. The zero-order valence-electron chi connectivity index (χ0n) is 7.58. The molecule has 0 spiro atoms. The third-order valence-corrected chi connectivity index (χ3v) is 2.08. The summed E-state index contributed by atoms with van der Waals surface area (Å²) in [6.45, 7) is 0.377. The third-order valence-electron chi connectivity index (χ3n) is 2.08. The first-order valence-electron chi connectivity index (χ1n) is 4.64. The van der Waals surface area contributed by atoms with E-state index in [1.165, 1.54) is 0 Å². The van der Waals surface area contributed by atoms with Crippen molar-refractivity contribution in [3.63, 3.8) is 0 Å². The van der Waals surface area contributed by atoms with Crippen LogP contribution in [0.5, 0.6) is 0 Å². The smallest absolute Gasteiger partial charge is 0.407 e. The Hall–Kier alpha value is -1.24. The molecule has 72 valence electrons. The highest BCUT2D eigenvalue weighted by atomic mass is 16.6. The fourth-order valence-electron chi connectivity index (χ4n) is 1.42. The maximum atomic E-state index is 11.0. The van der Waals surface area contributed by atoms with Crippen molar-refractivity contribution in [2.45, 2.75) is 38.2 Å². The van der Waals surface area contributed by atoms with Crippen LogP contribution < -0.4 is 5.32 Å². The first-order chi connectivity index (χ1) is 6.33. The van der Waals surface area contributed by atoms with Gasteiger partial charge in [0.15, 0.2) is 0 Å². The van der Waals surface area contributed by atoms with Crippen LogP contribution in [0.25, 0.3) is 0 Å². The number of nitriles is 1. The molecule has 1 aliphatic carbocycles. The van der Waals surface area contributed by atoms with E-state index in [4.69, 9.17) is 10.00 Å². The summed E-state index contributed by atoms with van der Waals surface area (Å²) in [5.74, 6) is 0. The van der Waals surface area contributed by atoms with Gasteiger partial charge in [-0.1, -0.05) is 0 Å². The molecule has 0 saturated heterocycles. The summed E-state index contributed by atoms with van der Waals surface area (Å²) in [6, 6.07) is 1.95. The largest absolute Gasteiger partial charge is 0.446 e. The van der Waals surface area contributed by atoms with Gasteiger partial charge in [-0.05, 0) is 25.7 Å². The molecule has 1 amide bonds. The maximum Gasteiger partial charge on any atom is 0.407 e. The Labute approximate surface area is 77.9 Å². The Balaban J connectivity index is 2.07. The molecule has 0 aliphatic heterocycles. The van der Waals surface area contributed by atoms with Gasteiger partial charge in [-0.2, -0.15) is 5.26 Å². The van der Waals surface area contributed by atoms with Crippen LogP contribution in [0.4, 0.5) is 4.79 Å². The summed E-state index contributed by atoms with van der Waals surface area (Å²) in [7, 11) is 0. The predicted molar refractivity (Wildman–Crippen MR) is 47.0 cm³/mol. The molecule has 1 fully saturated rings. The molecule has 1 N–H and O–H groups in total. The quantitative estimate of drug-likeness (QED) is 0.674. The van der Waals surface area contributed by atoms with Crippen molar-refractivity contribution in [2.75, 3.05) is 6.54 Å². The van der Waals surface area contributed by atoms with Gasteiger partial charge in [0.25, 0.3) is 0 Å². The van der Waals surface area contributed by atoms with Crippen molar-refractivity contribution in [1.29, 1.82) is 5.26 Å². The van der Waals surface area contributed by atoms with Crippen LogP contribution in [-0.2, 0) is 4.74 Å². The van der Waals surface area contributed by atoms with Gasteiger partial charge in [-0.15, -0.1) is 0 Å². The Morgan fingerprint density at radius 2 is 2.23 bits per heavy atom. The minimum absolute atomic E-state index is 0.0992. The molecule has 1 saturated carbocycles. The van der Waals surface area contributed by atoms with Crippen molar-refractivity contribution >= 4 is 6.09 Å². The Bertz CT molecular complexity index is 204. The minimum atomic E-state index is -0.387. The van der Waals surface area contributed by atoms with Gasteiger partial charge in [0.1, 0.15) is 6.10 Å². The van der Waals surface area contributed by atoms with Gasteiger partial charge in [0, 0.05) is 6.54 Å². The number of amides is 1. The standard InChI is InChI=1S/C9H14N2O2/c10-6-3-7-11-9(12)13-8-4-1-2-5-8/h8H,1-5,7H2,(H,11,12). The van der Waals surface area contributed by atoms with E-state index in [1.807, 2.05) is 6.07 Å². The van der Waals surface area contributed by atoms with Crippen molar-refractivity contribution in [3.05, 3.63) is 0 Å². The molecule has 0 atom stereocenters. The van der Waals surface area contributed by atoms with Crippen molar-refractivity contribution in [2.24, 2.45) is 0 Å². The lowest BCUT2D eigenvalue weighted by molar-refractivity contribution is 0.101. The average Bonchev–Trinajstić information content (AvgIpc) is 2.57. The van der Waals surface area contributed by atoms with Gasteiger partial charge in [0.2, 0.25) is 0 Å². The number of ether oxygens (including phenoxy) is 1. The number of hydrogen-bond acceptors (Lipinski definition) is 3. The molecule has 1 aliphatic rings. The fourth-order valence-corrected chi connectivity index (χ4v) is 1.42. The second-order valence-corrected chi connectivity index (χ2v) is 3.15. The minimum Gasteiger partial charge on any atom is -0.446 e. The van der Waals surface area contributed by atoms with E-state index in [0.717, 1.165) is 25.7 Å². The number of alkyl carbamates (subject to hydrolysis) is 1. The molecule has 0 aromatic heterocycles. The average molecular weight is 182 g/mol. The molecule has 13 heavy (non-hydrogen) atoms. The number of carbonyl (C=O) groups is 1. The predicted octanol–water partition coefficient (Wildman–Crippen LogP) is 1.57. The number of nitrogens with zero attached hydrogens (tertiary/aromatic N) is 1. The monoisotopic (exact) mass is 182 g/mol. The number of hydrogen-bond donors (Lipinski definition) is 1. The molecular formula is C9H14N2O2. The Morgan fingerprint density at radius 1 is 1.54 bits per heavy atom. The van der Waals surface area contributed by atoms with Crippen molar-refractivity contribution in [1.82, 2.24) is 5.32 Å². The van der Waals surface area contributed by atoms with Crippen LogP contribution in [0, 0.1) is 11.3 Å². The van der Waals surface area contributed by atoms with E-state index in [9.17, 15) is 4.79 Å². The summed E-state index contributed by atoms with van der Waals surface area (Å²) < 4.78 is 5.10. The lowest BCUT2D eigenvalue weighted by Crippen LogP contribution is -2.28. The van der Waals surface area contributed by atoms with Crippen LogP contribution in [0.1, 0.15) is 32.1 Å². The van der Waals surface area contributed by atoms with Crippen LogP contribution in [0.2, 0.25) is 0 Å². The van der Waals surface area contributed by atoms with Crippen LogP contribution in [0.15, 0.2) is 0 Å². The van der Waals surface area contributed by atoms with Crippen molar-refractivity contribution in [3.8, 4) is 6.07 Å². The zero-order chi connectivity index (χ0) is 9.52. The summed E-state index contributed by atoms with van der Waals surface area (Å²) in [4.78, 5) is 11.0. The highest BCUT2D eigenvalue weighted by Crippen LogP contribution is 2.20. The summed E-state index contributed by atoms with van der Waals surface area (Å²) in [5, 5.41) is 10.7. The maximum absolute atomic E-state index is 11.0. The molecule has 4 heteroatoms. The van der Waals surface area contributed by atoms with Gasteiger partial charge >= 0.3 is 6.09 Å². The fraction of sp³-hybridized carbons (Fsp3) is 0.778. The highest BCUT2D eigenvalue weighted by Gasteiger charge is 2.18. The van der Waals surface area contributed by atoms with E-state index in [0.29, 0.717) is 13.0 Å². The van der Waals surface area contributed by atoms with Gasteiger partial charge < -0.3 is 10.1 Å². The third kappa shape index (κ3) is 3.79. The van der Waals surface area contributed by atoms with E-state index < -0.39 is 0 Å². The lowest BCUT2D eigenvalue weighted by atomic mass is 10.3. The molecule has 0 aromatic carbocycles. The van der Waals surface area contributed by atoms with Crippen LogP contribution in [0.3, 0.4) is 0 Å². The summed E-state index contributed by atoms with van der Waals surface area (Å²) in [5.41, 5.74) is 0. The second kappa shape index (κ2) is 5.41. The van der Waals surface area contributed by atoms with Crippen molar-refractivity contribution < 1.29 is 9.53 Å². The van der Waals surface area contributed by atoms with E-state index in [1.54, 1.807) is 0 Å². The Morgan fingerprint density at radius 3 is 2.85 bits per heavy atom. The highest BCUT2D eigenvalue weighted by molar-refractivity contribution is 5.67. The zero-order valence-corrected chi connectivity index (χ0v) is 7.58. The first-order valence-corrected chi connectivity index (χ1v) is 4.64. The molecular weight excluding hydrogens is 168 g/mol. The molecule has 4 nitrogen and oxygen atoms in total. The van der Waals surface area contributed by atoms with Crippen LogP contribution >= 0.6 is 0 Å². The van der Waals surface area contributed by atoms with E-state index >= 15 is 0 Å². The normalized spacial score (nSPS) is 16.5. The SMILES string of the molecule is N#CCCNC(=O)OC1CCCC1.